The Labute approximate surface area is 89.9 Å². The van der Waals surface area contributed by atoms with Crippen molar-refractivity contribution < 1.29 is 0 Å². The van der Waals surface area contributed by atoms with E-state index in [1.54, 1.807) is 0 Å². The first-order valence-electron chi connectivity index (χ1n) is 5.85. The minimum atomic E-state index is 0.237. The zero-order chi connectivity index (χ0) is 11.2. The summed E-state index contributed by atoms with van der Waals surface area (Å²) in [7, 11) is 0. The van der Waals surface area contributed by atoms with Crippen LogP contribution in [0, 0.1) is 5.92 Å². The topological polar surface area (TPSA) is 24.1 Å². The fraction of sp³-hybridized carbons (Fsp3) is 1.00. The van der Waals surface area contributed by atoms with Crippen LogP contribution in [-0.2, 0) is 0 Å². The molecule has 1 atom stereocenters. The first kappa shape index (κ1) is 13.9. The molecule has 0 fully saturated rings. The van der Waals surface area contributed by atoms with Gasteiger partial charge in [0.25, 0.3) is 0 Å². The summed E-state index contributed by atoms with van der Waals surface area (Å²) in [5, 5.41) is 7.06. The molecule has 0 saturated carbocycles. The highest BCUT2D eigenvalue weighted by atomic mass is 15.0. The predicted octanol–water partition coefficient (Wildman–Crippen LogP) is 2.40. The van der Waals surface area contributed by atoms with Crippen molar-refractivity contribution in [2.75, 3.05) is 13.1 Å². The first-order chi connectivity index (χ1) is 6.37. The quantitative estimate of drug-likeness (QED) is 0.643. The van der Waals surface area contributed by atoms with Crippen LogP contribution in [-0.4, -0.2) is 24.7 Å². The summed E-state index contributed by atoms with van der Waals surface area (Å²) >= 11 is 0. The van der Waals surface area contributed by atoms with Crippen molar-refractivity contribution in [1.29, 1.82) is 0 Å². The van der Waals surface area contributed by atoms with E-state index < -0.39 is 0 Å². The number of hydrogen-bond donors (Lipinski definition) is 2. The van der Waals surface area contributed by atoms with Crippen LogP contribution in [0.5, 0.6) is 0 Å². The van der Waals surface area contributed by atoms with Crippen LogP contribution in [0.15, 0.2) is 0 Å². The third kappa shape index (κ3) is 7.34. The Bertz CT molecular complexity index is 136. The van der Waals surface area contributed by atoms with Crippen LogP contribution >= 0.6 is 0 Å². The van der Waals surface area contributed by atoms with Crippen LogP contribution in [0.25, 0.3) is 0 Å². The molecule has 0 aliphatic heterocycles. The third-order valence-corrected chi connectivity index (χ3v) is 2.43. The van der Waals surface area contributed by atoms with Gasteiger partial charge in [0.15, 0.2) is 0 Å². The fourth-order valence-corrected chi connectivity index (χ4v) is 1.55. The average molecular weight is 200 g/mol. The summed E-state index contributed by atoms with van der Waals surface area (Å²) < 4.78 is 0. The van der Waals surface area contributed by atoms with E-state index in [0.717, 1.165) is 19.0 Å². The fourth-order valence-electron chi connectivity index (χ4n) is 1.55. The van der Waals surface area contributed by atoms with Gasteiger partial charge < -0.3 is 10.6 Å². The molecule has 1 unspecified atom stereocenters. The van der Waals surface area contributed by atoms with E-state index in [-0.39, 0.29) is 5.54 Å². The maximum Gasteiger partial charge on any atom is 0.00970 e. The highest BCUT2D eigenvalue weighted by molar-refractivity contribution is 4.73. The van der Waals surface area contributed by atoms with E-state index in [4.69, 9.17) is 0 Å². The van der Waals surface area contributed by atoms with Crippen molar-refractivity contribution in [1.82, 2.24) is 10.6 Å². The molecule has 0 aromatic rings. The molecule has 0 aromatic heterocycles. The van der Waals surface area contributed by atoms with Crippen molar-refractivity contribution in [3.05, 3.63) is 0 Å². The number of hydrogen-bond acceptors (Lipinski definition) is 2. The Morgan fingerprint density at radius 3 is 2.00 bits per heavy atom. The predicted molar refractivity (Wildman–Crippen MR) is 64.7 cm³/mol. The molecule has 0 bridgehead atoms. The lowest BCUT2D eigenvalue weighted by Gasteiger charge is -2.24. The molecule has 0 rings (SSSR count). The summed E-state index contributed by atoms with van der Waals surface area (Å²) in [4.78, 5) is 0. The molecular weight excluding hydrogens is 172 g/mol. The van der Waals surface area contributed by atoms with Gasteiger partial charge in [-0.25, -0.2) is 0 Å². The molecule has 0 aliphatic carbocycles. The Morgan fingerprint density at radius 2 is 1.64 bits per heavy atom. The minimum absolute atomic E-state index is 0.237. The molecule has 0 saturated heterocycles. The lowest BCUT2D eigenvalue weighted by molar-refractivity contribution is 0.366. The normalized spacial score (nSPS) is 14.8. The van der Waals surface area contributed by atoms with Gasteiger partial charge in [-0.15, -0.1) is 0 Å². The van der Waals surface area contributed by atoms with Gasteiger partial charge in [0.05, 0.1) is 0 Å². The SMILES string of the molecule is CCC(NCCNC(C)(C)C)C(C)C. The van der Waals surface area contributed by atoms with Gasteiger partial charge in [-0.2, -0.15) is 0 Å². The molecule has 2 nitrogen and oxygen atoms in total. The zero-order valence-electron chi connectivity index (χ0n) is 10.8. The molecule has 0 aliphatic rings. The molecule has 86 valence electrons. The summed E-state index contributed by atoms with van der Waals surface area (Å²) in [6.07, 6.45) is 1.22. The molecule has 0 amide bonds. The molecule has 14 heavy (non-hydrogen) atoms. The van der Waals surface area contributed by atoms with E-state index in [1.165, 1.54) is 6.42 Å². The molecule has 0 spiro atoms. The largest absolute Gasteiger partial charge is 0.312 e. The summed E-state index contributed by atoms with van der Waals surface area (Å²) in [5.41, 5.74) is 0.237. The number of nitrogens with one attached hydrogen (secondary N) is 2. The minimum Gasteiger partial charge on any atom is -0.312 e. The van der Waals surface area contributed by atoms with E-state index in [1.807, 2.05) is 0 Å². The van der Waals surface area contributed by atoms with E-state index >= 15 is 0 Å². The molecular formula is C12H28N2. The van der Waals surface area contributed by atoms with Crippen LogP contribution in [0.1, 0.15) is 48.0 Å². The van der Waals surface area contributed by atoms with Gasteiger partial charge in [0.2, 0.25) is 0 Å². The Kier molecular flexibility index (Phi) is 6.38. The molecule has 0 heterocycles. The second kappa shape index (κ2) is 6.41. The monoisotopic (exact) mass is 200 g/mol. The van der Waals surface area contributed by atoms with Crippen molar-refractivity contribution in [2.45, 2.75) is 59.5 Å². The Morgan fingerprint density at radius 1 is 1.07 bits per heavy atom. The van der Waals surface area contributed by atoms with Crippen molar-refractivity contribution in [3.8, 4) is 0 Å². The smallest absolute Gasteiger partial charge is 0.00970 e. The number of rotatable bonds is 6. The van der Waals surface area contributed by atoms with Gasteiger partial charge in [0.1, 0.15) is 0 Å². The van der Waals surface area contributed by atoms with Gasteiger partial charge >= 0.3 is 0 Å². The summed E-state index contributed by atoms with van der Waals surface area (Å²) in [6, 6.07) is 0.664. The van der Waals surface area contributed by atoms with Crippen LogP contribution < -0.4 is 10.6 Å². The van der Waals surface area contributed by atoms with Gasteiger partial charge in [-0.1, -0.05) is 20.8 Å². The summed E-state index contributed by atoms with van der Waals surface area (Å²) in [5.74, 6) is 0.731. The second-order valence-electron chi connectivity index (χ2n) is 5.39. The standard InChI is InChI=1S/C12H28N2/c1-7-11(10(2)3)13-8-9-14-12(4,5)6/h10-11,13-14H,7-9H2,1-6H3. The first-order valence-corrected chi connectivity index (χ1v) is 5.85. The Hall–Kier alpha value is -0.0800. The van der Waals surface area contributed by atoms with Gasteiger partial charge in [-0.05, 0) is 33.1 Å². The van der Waals surface area contributed by atoms with Crippen molar-refractivity contribution in [2.24, 2.45) is 5.92 Å². The van der Waals surface area contributed by atoms with E-state index in [2.05, 4.69) is 52.2 Å². The van der Waals surface area contributed by atoms with Crippen molar-refractivity contribution in [3.63, 3.8) is 0 Å². The van der Waals surface area contributed by atoms with E-state index in [0.29, 0.717) is 6.04 Å². The van der Waals surface area contributed by atoms with Crippen molar-refractivity contribution >= 4 is 0 Å². The van der Waals surface area contributed by atoms with E-state index in [9.17, 15) is 0 Å². The maximum absolute atomic E-state index is 3.58. The second-order valence-corrected chi connectivity index (χ2v) is 5.39. The lowest BCUT2D eigenvalue weighted by atomic mass is 10.0. The molecule has 0 aromatic carbocycles. The highest BCUT2D eigenvalue weighted by Gasteiger charge is 2.11. The van der Waals surface area contributed by atoms with Gasteiger partial charge in [-0.3, -0.25) is 0 Å². The lowest BCUT2D eigenvalue weighted by Crippen LogP contribution is -2.43. The summed E-state index contributed by atoms with van der Waals surface area (Å²) in [6.45, 7) is 15.5. The maximum atomic E-state index is 3.58. The third-order valence-electron chi connectivity index (χ3n) is 2.43. The average Bonchev–Trinajstić information content (AvgIpc) is 2.01. The zero-order valence-corrected chi connectivity index (χ0v) is 10.8. The Balaban J connectivity index is 3.52. The highest BCUT2D eigenvalue weighted by Crippen LogP contribution is 2.04. The molecule has 0 radical (unpaired) electrons. The molecule has 2 N–H and O–H groups in total. The van der Waals surface area contributed by atoms with Crippen LogP contribution in [0.2, 0.25) is 0 Å². The molecule has 2 heteroatoms. The van der Waals surface area contributed by atoms with Gasteiger partial charge in [0, 0.05) is 24.7 Å². The van der Waals surface area contributed by atoms with Crippen LogP contribution in [0.3, 0.4) is 0 Å². The van der Waals surface area contributed by atoms with Crippen LogP contribution in [0.4, 0.5) is 0 Å².